The maximum absolute atomic E-state index is 13.0. The summed E-state index contributed by atoms with van der Waals surface area (Å²) < 4.78 is 31.0. The molecule has 0 radical (unpaired) electrons. The van der Waals surface area contributed by atoms with Crippen molar-refractivity contribution < 1.29 is 18.3 Å². The molecule has 0 heterocycles. The topological polar surface area (TPSA) is 78.3 Å². The van der Waals surface area contributed by atoms with Gasteiger partial charge in [0, 0.05) is 11.8 Å². The van der Waals surface area contributed by atoms with Crippen molar-refractivity contribution >= 4 is 11.6 Å². The normalized spacial score (nSPS) is 10.2. The van der Waals surface area contributed by atoms with Gasteiger partial charge in [-0.1, -0.05) is 0 Å². The summed E-state index contributed by atoms with van der Waals surface area (Å²) in [5.74, 6) is -2.35. The van der Waals surface area contributed by atoms with Crippen molar-refractivity contribution in [3.05, 3.63) is 53.6 Å². The molecule has 6 heteroatoms. The summed E-state index contributed by atoms with van der Waals surface area (Å²) >= 11 is 0. The molecule has 0 fully saturated rings. The Morgan fingerprint density at radius 1 is 1.00 bits per heavy atom. The summed E-state index contributed by atoms with van der Waals surface area (Å²) in [7, 11) is 0. The Hall–Kier alpha value is -2.63. The summed E-state index contributed by atoms with van der Waals surface area (Å²) in [5, 5.41) is 0. The molecule has 19 heavy (non-hydrogen) atoms. The number of hydrogen-bond acceptors (Lipinski definition) is 3. The van der Waals surface area contributed by atoms with Gasteiger partial charge in [0.15, 0.2) is 11.6 Å². The average Bonchev–Trinajstić information content (AvgIpc) is 2.36. The number of nitrogens with two attached hydrogens (primary N) is 2. The third kappa shape index (κ3) is 2.79. The molecule has 0 saturated carbocycles. The summed E-state index contributed by atoms with van der Waals surface area (Å²) in [6.45, 7) is 0. The molecule has 0 aliphatic heterocycles. The number of ether oxygens (including phenoxy) is 1. The van der Waals surface area contributed by atoms with E-state index in [2.05, 4.69) is 0 Å². The number of halogens is 2. The number of carbonyl (C=O) groups is 1. The lowest BCUT2D eigenvalue weighted by Crippen LogP contribution is -2.13. The first-order chi connectivity index (χ1) is 8.97. The fraction of sp³-hybridized carbons (Fsp3) is 0. The van der Waals surface area contributed by atoms with Crippen LogP contribution < -0.4 is 16.2 Å². The highest BCUT2D eigenvalue weighted by Gasteiger charge is 2.09. The summed E-state index contributed by atoms with van der Waals surface area (Å²) in [6.07, 6.45) is 0. The van der Waals surface area contributed by atoms with Crippen molar-refractivity contribution in [2.75, 3.05) is 5.73 Å². The number of nitrogen functional groups attached to an aromatic ring is 1. The van der Waals surface area contributed by atoms with E-state index < -0.39 is 17.5 Å². The molecule has 4 nitrogen and oxygen atoms in total. The van der Waals surface area contributed by atoms with Crippen molar-refractivity contribution in [3.63, 3.8) is 0 Å². The van der Waals surface area contributed by atoms with Crippen LogP contribution in [0.1, 0.15) is 10.4 Å². The minimum absolute atomic E-state index is 0.0964. The van der Waals surface area contributed by atoms with E-state index in [1.165, 1.54) is 24.3 Å². The summed E-state index contributed by atoms with van der Waals surface area (Å²) in [5.41, 5.74) is 11.0. The Kier molecular flexibility index (Phi) is 3.33. The maximum atomic E-state index is 13.0. The summed E-state index contributed by atoms with van der Waals surface area (Å²) in [6, 6.07) is 7.36. The van der Waals surface area contributed by atoms with Crippen molar-refractivity contribution in [3.8, 4) is 11.5 Å². The minimum Gasteiger partial charge on any atom is -0.457 e. The number of hydrogen-bond donors (Lipinski definition) is 2. The second kappa shape index (κ2) is 4.93. The third-order valence-corrected chi connectivity index (χ3v) is 2.42. The average molecular weight is 264 g/mol. The SMILES string of the molecule is NC(=O)c1cc(Oc2ccc(F)c(F)c2)ccc1N. The van der Waals surface area contributed by atoms with Gasteiger partial charge in [-0.2, -0.15) is 0 Å². The highest BCUT2D eigenvalue weighted by molar-refractivity contribution is 5.98. The molecule has 0 unspecified atom stereocenters. The van der Waals surface area contributed by atoms with Gasteiger partial charge >= 0.3 is 0 Å². The van der Waals surface area contributed by atoms with Gasteiger partial charge in [-0.3, -0.25) is 4.79 Å². The Morgan fingerprint density at radius 2 is 1.63 bits per heavy atom. The van der Waals surface area contributed by atoms with Gasteiger partial charge in [-0.05, 0) is 30.3 Å². The van der Waals surface area contributed by atoms with Crippen LogP contribution in [-0.2, 0) is 0 Å². The predicted octanol–water partition coefficient (Wildman–Crippen LogP) is 2.44. The van der Waals surface area contributed by atoms with Crippen molar-refractivity contribution in [1.29, 1.82) is 0 Å². The maximum Gasteiger partial charge on any atom is 0.250 e. The molecular weight excluding hydrogens is 254 g/mol. The van der Waals surface area contributed by atoms with Gasteiger partial charge in [0.1, 0.15) is 11.5 Å². The highest BCUT2D eigenvalue weighted by atomic mass is 19.2. The van der Waals surface area contributed by atoms with Gasteiger partial charge in [0.2, 0.25) is 0 Å². The van der Waals surface area contributed by atoms with E-state index in [9.17, 15) is 13.6 Å². The smallest absolute Gasteiger partial charge is 0.250 e. The van der Waals surface area contributed by atoms with Gasteiger partial charge in [-0.15, -0.1) is 0 Å². The largest absolute Gasteiger partial charge is 0.457 e. The Balaban J connectivity index is 2.30. The van der Waals surface area contributed by atoms with E-state index in [0.29, 0.717) is 0 Å². The number of primary amides is 1. The number of benzene rings is 2. The zero-order valence-corrected chi connectivity index (χ0v) is 9.69. The molecule has 0 atom stereocenters. The van der Waals surface area contributed by atoms with Crippen molar-refractivity contribution in [2.45, 2.75) is 0 Å². The Bertz CT molecular complexity index is 645. The fourth-order valence-electron chi connectivity index (χ4n) is 1.49. The molecule has 2 aromatic carbocycles. The van der Waals surface area contributed by atoms with Crippen LogP contribution in [0.25, 0.3) is 0 Å². The Labute approximate surface area is 107 Å². The molecule has 2 aromatic rings. The van der Waals surface area contributed by atoms with E-state index >= 15 is 0 Å². The van der Waals surface area contributed by atoms with Crippen LogP contribution in [0.3, 0.4) is 0 Å². The first kappa shape index (κ1) is 12.8. The van der Waals surface area contributed by atoms with Gasteiger partial charge in [0.25, 0.3) is 5.91 Å². The van der Waals surface area contributed by atoms with E-state index in [1.807, 2.05) is 0 Å². The quantitative estimate of drug-likeness (QED) is 0.836. The van der Waals surface area contributed by atoms with Crippen LogP contribution in [0.15, 0.2) is 36.4 Å². The van der Waals surface area contributed by atoms with E-state index in [-0.39, 0.29) is 22.7 Å². The number of amides is 1. The van der Waals surface area contributed by atoms with Crippen LogP contribution in [0.4, 0.5) is 14.5 Å². The minimum atomic E-state index is -1.02. The second-order valence-electron chi connectivity index (χ2n) is 3.79. The fourth-order valence-corrected chi connectivity index (χ4v) is 1.49. The molecule has 98 valence electrons. The van der Waals surface area contributed by atoms with Crippen LogP contribution in [0.2, 0.25) is 0 Å². The van der Waals surface area contributed by atoms with Crippen molar-refractivity contribution in [1.82, 2.24) is 0 Å². The molecule has 0 saturated heterocycles. The first-order valence-electron chi connectivity index (χ1n) is 5.29. The number of rotatable bonds is 3. The molecule has 0 bridgehead atoms. The highest BCUT2D eigenvalue weighted by Crippen LogP contribution is 2.26. The van der Waals surface area contributed by atoms with Gasteiger partial charge < -0.3 is 16.2 Å². The van der Waals surface area contributed by atoms with E-state index in [4.69, 9.17) is 16.2 Å². The Morgan fingerprint density at radius 3 is 2.26 bits per heavy atom. The zero-order valence-electron chi connectivity index (χ0n) is 9.69. The second-order valence-corrected chi connectivity index (χ2v) is 3.79. The molecular formula is C13H10F2N2O2. The zero-order chi connectivity index (χ0) is 14.0. The van der Waals surface area contributed by atoms with Crippen molar-refractivity contribution in [2.24, 2.45) is 5.73 Å². The van der Waals surface area contributed by atoms with Gasteiger partial charge in [0.05, 0.1) is 5.56 Å². The number of carbonyl (C=O) groups excluding carboxylic acids is 1. The summed E-state index contributed by atoms with van der Waals surface area (Å²) in [4.78, 5) is 11.1. The van der Waals surface area contributed by atoms with Crippen LogP contribution in [-0.4, -0.2) is 5.91 Å². The van der Waals surface area contributed by atoms with E-state index in [0.717, 1.165) is 12.1 Å². The molecule has 2 rings (SSSR count). The first-order valence-corrected chi connectivity index (χ1v) is 5.29. The van der Waals surface area contributed by atoms with E-state index in [1.54, 1.807) is 0 Å². The monoisotopic (exact) mass is 264 g/mol. The molecule has 0 spiro atoms. The van der Waals surface area contributed by atoms with Gasteiger partial charge in [-0.25, -0.2) is 8.78 Å². The number of anilines is 1. The molecule has 4 N–H and O–H groups in total. The predicted molar refractivity (Wildman–Crippen MR) is 65.8 cm³/mol. The standard InChI is InChI=1S/C13H10F2N2O2/c14-10-3-1-8(6-11(10)15)19-7-2-4-12(16)9(5-7)13(17)18/h1-6H,16H2,(H2,17,18). The molecule has 1 amide bonds. The lowest BCUT2D eigenvalue weighted by molar-refractivity contribution is 0.100. The lowest BCUT2D eigenvalue weighted by Gasteiger charge is -2.08. The lowest BCUT2D eigenvalue weighted by atomic mass is 10.1. The van der Waals surface area contributed by atoms with Crippen LogP contribution in [0.5, 0.6) is 11.5 Å². The third-order valence-electron chi connectivity index (χ3n) is 2.42. The molecule has 0 aromatic heterocycles. The van der Waals surface area contributed by atoms with Crippen LogP contribution >= 0.6 is 0 Å². The molecule has 0 aliphatic rings. The van der Waals surface area contributed by atoms with Crippen LogP contribution in [0, 0.1) is 11.6 Å². The molecule has 0 aliphatic carbocycles.